The highest BCUT2D eigenvalue weighted by atomic mass is 32.2. The van der Waals surface area contributed by atoms with Crippen molar-refractivity contribution in [2.24, 2.45) is 0 Å². The van der Waals surface area contributed by atoms with Gasteiger partial charge >= 0.3 is 6.61 Å². The number of halogens is 2. The Hall–Kier alpha value is -1.74. The van der Waals surface area contributed by atoms with Gasteiger partial charge in [0.15, 0.2) is 10.1 Å². The molecule has 1 heterocycles. The predicted molar refractivity (Wildman–Crippen MR) is 77.0 cm³/mol. The van der Waals surface area contributed by atoms with Gasteiger partial charge in [0.25, 0.3) is 0 Å². The van der Waals surface area contributed by atoms with Crippen molar-refractivity contribution in [3.8, 4) is 5.75 Å². The molecular formula is C12H11F2N3O2S2. The van der Waals surface area contributed by atoms with Gasteiger partial charge < -0.3 is 10.5 Å². The van der Waals surface area contributed by atoms with Crippen molar-refractivity contribution in [2.75, 3.05) is 5.73 Å². The summed E-state index contributed by atoms with van der Waals surface area (Å²) in [5, 5.41) is 7.45. The Balaban J connectivity index is 2.01. The van der Waals surface area contributed by atoms with Crippen molar-refractivity contribution < 1.29 is 18.3 Å². The average Bonchev–Trinajstić information content (AvgIpc) is 2.83. The summed E-state index contributed by atoms with van der Waals surface area (Å²) in [6.45, 7) is -1.15. The monoisotopic (exact) mass is 331 g/mol. The van der Waals surface area contributed by atoms with E-state index in [1.54, 1.807) is 6.92 Å². The summed E-state index contributed by atoms with van der Waals surface area (Å²) in [6, 6.07) is 5.57. The third-order valence-corrected chi connectivity index (χ3v) is 4.37. The van der Waals surface area contributed by atoms with Gasteiger partial charge in [-0.25, -0.2) is 0 Å². The SMILES string of the molecule is CC(Sc1nnc(N)s1)C(=O)c1ccc(OC(F)F)cc1. The van der Waals surface area contributed by atoms with E-state index in [2.05, 4.69) is 14.9 Å². The Labute approximate surface area is 127 Å². The highest BCUT2D eigenvalue weighted by Gasteiger charge is 2.18. The van der Waals surface area contributed by atoms with E-state index in [1.165, 1.54) is 47.4 Å². The number of nitrogen functional groups attached to an aromatic ring is 1. The lowest BCUT2D eigenvalue weighted by Crippen LogP contribution is -2.13. The Morgan fingerprint density at radius 1 is 1.33 bits per heavy atom. The van der Waals surface area contributed by atoms with Gasteiger partial charge in [-0.1, -0.05) is 23.1 Å². The van der Waals surface area contributed by atoms with Crippen LogP contribution in [-0.2, 0) is 0 Å². The number of carbonyl (C=O) groups is 1. The number of nitrogens with two attached hydrogens (primary N) is 1. The van der Waals surface area contributed by atoms with E-state index in [9.17, 15) is 13.6 Å². The minimum absolute atomic E-state index is 0.0127. The molecule has 0 bridgehead atoms. The second kappa shape index (κ2) is 6.81. The van der Waals surface area contributed by atoms with Crippen LogP contribution >= 0.6 is 23.1 Å². The second-order valence-electron chi connectivity index (χ2n) is 3.93. The number of Topliss-reactive ketones (excluding diaryl/α,β-unsaturated/α-hetero) is 1. The van der Waals surface area contributed by atoms with Crippen molar-refractivity contribution in [1.82, 2.24) is 10.2 Å². The van der Waals surface area contributed by atoms with Gasteiger partial charge in [0.05, 0.1) is 5.25 Å². The Morgan fingerprint density at radius 3 is 2.52 bits per heavy atom. The standard InChI is InChI=1S/C12H11F2N3O2S2/c1-6(20-12-17-16-11(15)21-12)9(18)7-2-4-8(5-3-7)19-10(13)14/h2-6,10H,1H3,(H2,15,16). The molecule has 1 aromatic heterocycles. The van der Waals surface area contributed by atoms with Gasteiger partial charge in [-0.2, -0.15) is 8.78 Å². The minimum Gasteiger partial charge on any atom is -0.435 e. The number of hydrogen-bond donors (Lipinski definition) is 1. The van der Waals surface area contributed by atoms with Crippen molar-refractivity contribution in [3.63, 3.8) is 0 Å². The lowest BCUT2D eigenvalue weighted by atomic mass is 10.1. The third kappa shape index (κ3) is 4.36. The Kier molecular flexibility index (Phi) is 5.07. The zero-order valence-electron chi connectivity index (χ0n) is 10.8. The van der Waals surface area contributed by atoms with Gasteiger partial charge in [-0.15, -0.1) is 10.2 Å². The number of ether oxygens (including phenoxy) is 1. The van der Waals surface area contributed by atoms with Gasteiger partial charge in [0.1, 0.15) is 5.75 Å². The number of rotatable bonds is 6. The summed E-state index contributed by atoms with van der Waals surface area (Å²) in [7, 11) is 0. The van der Waals surface area contributed by atoms with Crippen LogP contribution in [0.4, 0.5) is 13.9 Å². The molecule has 0 amide bonds. The molecule has 2 aromatic rings. The van der Waals surface area contributed by atoms with Crippen LogP contribution in [-0.4, -0.2) is 27.8 Å². The molecule has 0 fully saturated rings. The van der Waals surface area contributed by atoms with Crippen LogP contribution in [0.1, 0.15) is 17.3 Å². The van der Waals surface area contributed by atoms with Crippen molar-refractivity contribution in [2.45, 2.75) is 23.1 Å². The molecule has 0 saturated heterocycles. The second-order valence-corrected chi connectivity index (χ2v) is 6.53. The zero-order chi connectivity index (χ0) is 15.4. The molecule has 5 nitrogen and oxygen atoms in total. The van der Waals surface area contributed by atoms with Gasteiger partial charge in [-0.05, 0) is 31.2 Å². The molecular weight excluding hydrogens is 320 g/mol. The molecule has 1 aromatic carbocycles. The first-order chi connectivity index (χ1) is 9.95. The molecule has 2 rings (SSSR count). The number of alkyl halides is 2. The summed E-state index contributed by atoms with van der Waals surface area (Å²) in [6.07, 6.45) is 0. The summed E-state index contributed by atoms with van der Waals surface area (Å²) in [4.78, 5) is 12.2. The third-order valence-electron chi connectivity index (χ3n) is 2.43. The van der Waals surface area contributed by atoms with E-state index in [0.29, 0.717) is 15.0 Å². The highest BCUT2D eigenvalue weighted by molar-refractivity contribution is 8.02. The van der Waals surface area contributed by atoms with Gasteiger partial charge in [0, 0.05) is 5.56 Å². The van der Waals surface area contributed by atoms with Crippen molar-refractivity contribution >= 4 is 34.0 Å². The quantitative estimate of drug-likeness (QED) is 0.647. The number of thioether (sulfide) groups is 1. The molecule has 112 valence electrons. The smallest absolute Gasteiger partial charge is 0.387 e. The fraction of sp³-hybridized carbons (Fsp3) is 0.250. The fourth-order valence-electron chi connectivity index (χ4n) is 1.51. The zero-order valence-corrected chi connectivity index (χ0v) is 12.5. The van der Waals surface area contributed by atoms with Crippen molar-refractivity contribution in [1.29, 1.82) is 0 Å². The van der Waals surface area contributed by atoms with Crippen LogP contribution < -0.4 is 10.5 Å². The molecule has 0 aliphatic rings. The summed E-state index contributed by atoms with van der Waals surface area (Å²) >= 11 is 2.45. The van der Waals surface area contributed by atoms with E-state index in [-0.39, 0.29) is 16.8 Å². The molecule has 1 atom stereocenters. The van der Waals surface area contributed by atoms with E-state index in [0.717, 1.165) is 0 Å². The number of aromatic nitrogens is 2. The summed E-state index contributed by atoms with van der Waals surface area (Å²) < 4.78 is 28.9. The molecule has 21 heavy (non-hydrogen) atoms. The molecule has 9 heteroatoms. The lowest BCUT2D eigenvalue weighted by Gasteiger charge is -2.09. The average molecular weight is 331 g/mol. The molecule has 0 aliphatic carbocycles. The predicted octanol–water partition coefficient (Wildman–Crippen LogP) is 3.09. The molecule has 0 radical (unpaired) electrons. The molecule has 1 unspecified atom stereocenters. The van der Waals surface area contributed by atoms with Crippen LogP contribution in [0.2, 0.25) is 0 Å². The maximum atomic E-state index is 12.2. The Bertz CT molecular complexity index is 619. The number of ketones is 1. The highest BCUT2D eigenvalue weighted by Crippen LogP contribution is 2.29. The van der Waals surface area contributed by atoms with E-state index >= 15 is 0 Å². The molecule has 2 N–H and O–H groups in total. The molecule has 0 saturated carbocycles. The topological polar surface area (TPSA) is 78.1 Å². The normalized spacial score (nSPS) is 12.4. The van der Waals surface area contributed by atoms with Gasteiger partial charge in [-0.3, -0.25) is 4.79 Å². The number of nitrogens with zero attached hydrogens (tertiary/aromatic N) is 2. The van der Waals surface area contributed by atoms with E-state index in [1.807, 2.05) is 0 Å². The first-order valence-electron chi connectivity index (χ1n) is 5.80. The largest absolute Gasteiger partial charge is 0.435 e. The number of hydrogen-bond acceptors (Lipinski definition) is 7. The van der Waals surface area contributed by atoms with Crippen molar-refractivity contribution in [3.05, 3.63) is 29.8 Å². The summed E-state index contributed by atoms with van der Waals surface area (Å²) in [5.74, 6) is -0.129. The minimum atomic E-state index is -2.89. The van der Waals surface area contributed by atoms with Crippen LogP contribution in [0.3, 0.4) is 0 Å². The van der Waals surface area contributed by atoms with E-state index < -0.39 is 6.61 Å². The van der Waals surface area contributed by atoms with Gasteiger partial charge in [0.2, 0.25) is 5.13 Å². The fourth-order valence-corrected chi connectivity index (χ4v) is 3.37. The molecule has 0 spiro atoms. The van der Waals surface area contributed by atoms with Crippen LogP contribution in [0.25, 0.3) is 0 Å². The maximum absolute atomic E-state index is 12.2. The first kappa shape index (κ1) is 15.6. The van der Waals surface area contributed by atoms with Crippen LogP contribution in [0.15, 0.2) is 28.6 Å². The summed E-state index contributed by atoms with van der Waals surface area (Å²) in [5.41, 5.74) is 5.88. The molecule has 0 aliphatic heterocycles. The first-order valence-corrected chi connectivity index (χ1v) is 7.50. The maximum Gasteiger partial charge on any atom is 0.387 e. The van der Waals surface area contributed by atoms with Crippen LogP contribution in [0.5, 0.6) is 5.75 Å². The number of carbonyl (C=O) groups excluding carboxylic acids is 1. The van der Waals surface area contributed by atoms with Crippen LogP contribution in [0, 0.1) is 0 Å². The number of benzene rings is 1. The van der Waals surface area contributed by atoms with E-state index in [4.69, 9.17) is 5.73 Å². The lowest BCUT2D eigenvalue weighted by molar-refractivity contribution is -0.0498. The number of anilines is 1. The Morgan fingerprint density at radius 2 is 2.00 bits per heavy atom.